The molecule has 0 bridgehead atoms. The predicted molar refractivity (Wildman–Crippen MR) is 162 cm³/mol. The van der Waals surface area contributed by atoms with E-state index in [1.165, 1.54) is 16.7 Å². The molecule has 0 saturated heterocycles. The Balaban J connectivity index is 0. The average molecular weight is 511 g/mol. The van der Waals surface area contributed by atoms with Gasteiger partial charge in [-0.3, -0.25) is 4.79 Å². The normalized spacial score (nSPS) is 15.6. The van der Waals surface area contributed by atoms with Crippen LogP contribution in [0.4, 0.5) is 0 Å². The quantitative estimate of drug-likeness (QED) is 0.0862. The summed E-state index contributed by atoms with van der Waals surface area (Å²) in [4.78, 5) is 23.9. The number of aldehydes is 1. The fourth-order valence-corrected chi connectivity index (χ4v) is 3.21. The van der Waals surface area contributed by atoms with Crippen LogP contribution in [0.1, 0.15) is 102 Å². The van der Waals surface area contributed by atoms with Crippen molar-refractivity contribution in [3.05, 3.63) is 82.7 Å². The van der Waals surface area contributed by atoms with Crippen LogP contribution in [0.2, 0.25) is 0 Å². The van der Waals surface area contributed by atoms with Crippen LogP contribution in [-0.4, -0.2) is 12.3 Å². The van der Waals surface area contributed by atoms with Gasteiger partial charge in [0, 0.05) is 11.8 Å². The van der Waals surface area contributed by atoms with E-state index in [4.69, 9.17) is 4.74 Å². The van der Waals surface area contributed by atoms with Gasteiger partial charge in [0.05, 0.1) is 5.41 Å². The lowest BCUT2D eigenvalue weighted by atomic mass is 9.88. The number of carbonyl (C=O) groups is 2. The predicted octanol–water partition coefficient (Wildman–Crippen LogP) is 10.0. The first-order valence-electron chi connectivity index (χ1n) is 13.4. The van der Waals surface area contributed by atoms with Crippen molar-refractivity contribution >= 4 is 12.3 Å². The number of rotatable bonds is 12. The standard InChI is InChI=1S/C30H46O3.C4H8/c1-12-14-15-16-22(4)23(5)19-24(6)25(7)26(8)28(33-29(32)30(9,10)11)27(13-2)18-17-21(3)20-31;1-4(2)3/h12,14-16,19-21,27H,1,13,17-18H2,2-11H3;1H2,2-3H3/b15-14-,22-16+,23-19+,25-24+,28-26-;. The third-order valence-corrected chi connectivity index (χ3v) is 6.05. The van der Waals surface area contributed by atoms with E-state index < -0.39 is 5.41 Å². The Morgan fingerprint density at radius 2 is 1.46 bits per heavy atom. The lowest BCUT2D eigenvalue weighted by molar-refractivity contribution is -0.149. The van der Waals surface area contributed by atoms with E-state index in [1.807, 2.05) is 60.6 Å². The molecule has 37 heavy (non-hydrogen) atoms. The molecule has 0 aliphatic carbocycles. The summed E-state index contributed by atoms with van der Waals surface area (Å²) in [6.45, 7) is 31.2. The molecule has 0 aliphatic rings. The van der Waals surface area contributed by atoms with E-state index in [9.17, 15) is 9.59 Å². The van der Waals surface area contributed by atoms with E-state index in [0.717, 1.165) is 48.0 Å². The van der Waals surface area contributed by atoms with Gasteiger partial charge in [-0.2, -0.15) is 0 Å². The van der Waals surface area contributed by atoms with Gasteiger partial charge in [0.25, 0.3) is 0 Å². The molecule has 0 N–H and O–H groups in total. The monoisotopic (exact) mass is 510 g/mol. The fourth-order valence-electron chi connectivity index (χ4n) is 3.21. The molecular weight excluding hydrogens is 456 g/mol. The molecule has 0 saturated carbocycles. The molecule has 2 atom stereocenters. The Kier molecular flexibility index (Phi) is 18.3. The summed E-state index contributed by atoms with van der Waals surface area (Å²) in [6, 6.07) is 0. The summed E-state index contributed by atoms with van der Waals surface area (Å²) in [5, 5.41) is 0. The maximum Gasteiger partial charge on any atom is 0.316 e. The summed E-state index contributed by atoms with van der Waals surface area (Å²) in [7, 11) is 0. The summed E-state index contributed by atoms with van der Waals surface area (Å²) in [5.41, 5.74) is 6.15. The molecule has 0 fully saturated rings. The van der Waals surface area contributed by atoms with Crippen molar-refractivity contribution in [1.29, 1.82) is 0 Å². The van der Waals surface area contributed by atoms with Gasteiger partial charge in [-0.25, -0.2) is 0 Å². The van der Waals surface area contributed by atoms with E-state index in [-0.39, 0.29) is 17.8 Å². The highest BCUT2D eigenvalue weighted by Gasteiger charge is 2.28. The molecule has 0 aliphatic heterocycles. The van der Waals surface area contributed by atoms with Crippen molar-refractivity contribution < 1.29 is 14.3 Å². The van der Waals surface area contributed by atoms with E-state index >= 15 is 0 Å². The van der Waals surface area contributed by atoms with Crippen molar-refractivity contribution in [2.45, 2.75) is 102 Å². The third kappa shape index (κ3) is 15.9. The summed E-state index contributed by atoms with van der Waals surface area (Å²) in [6.07, 6.45) is 13.3. The SMILES string of the molecule is C=C(C)C.C=C\C=C/C=C(C)/C(C)=C/C(C)=C(C)/C(C)=C(\OC(=O)C(C)(C)C)C(CC)CCC(C)C=O. The van der Waals surface area contributed by atoms with Gasteiger partial charge >= 0.3 is 5.97 Å². The number of esters is 1. The minimum Gasteiger partial charge on any atom is -0.430 e. The largest absolute Gasteiger partial charge is 0.430 e. The second kappa shape index (κ2) is 18.5. The van der Waals surface area contributed by atoms with Gasteiger partial charge in [0.2, 0.25) is 0 Å². The highest BCUT2D eigenvalue weighted by molar-refractivity contribution is 5.76. The lowest BCUT2D eigenvalue weighted by Crippen LogP contribution is -2.25. The smallest absolute Gasteiger partial charge is 0.316 e. The van der Waals surface area contributed by atoms with Gasteiger partial charge in [-0.1, -0.05) is 56.4 Å². The molecule has 0 amide bonds. The van der Waals surface area contributed by atoms with Crippen molar-refractivity contribution in [1.82, 2.24) is 0 Å². The molecule has 3 heteroatoms. The van der Waals surface area contributed by atoms with E-state index in [1.54, 1.807) is 6.08 Å². The van der Waals surface area contributed by atoms with Crippen molar-refractivity contribution in [3.8, 4) is 0 Å². The van der Waals surface area contributed by atoms with Crippen molar-refractivity contribution in [3.63, 3.8) is 0 Å². The molecule has 0 aromatic carbocycles. The van der Waals surface area contributed by atoms with Gasteiger partial charge in [0.1, 0.15) is 12.0 Å². The summed E-state index contributed by atoms with van der Waals surface area (Å²) >= 11 is 0. The first-order valence-corrected chi connectivity index (χ1v) is 13.4. The minimum absolute atomic E-state index is 0.00668. The van der Waals surface area contributed by atoms with Crippen LogP contribution in [0.15, 0.2) is 82.7 Å². The van der Waals surface area contributed by atoms with E-state index in [2.05, 4.69) is 59.9 Å². The second-order valence-corrected chi connectivity index (χ2v) is 11.2. The molecule has 0 radical (unpaired) electrons. The van der Waals surface area contributed by atoms with Crippen LogP contribution in [0.3, 0.4) is 0 Å². The van der Waals surface area contributed by atoms with Gasteiger partial charge in [-0.15, -0.1) is 6.58 Å². The Morgan fingerprint density at radius 1 is 0.919 bits per heavy atom. The summed E-state index contributed by atoms with van der Waals surface area (Å²) in [5.74, 6) is 0.577. The highest BCUT2D eigenvalue weighted by atomic mass is 16.5. The van der Waals surface area contributed by atoms with E-state index in [0.29, 0.717) is 0 Å². The number of allylic oxidation sites excluding steroid dienone is 12. The Hall–Kier alpha value is -2.68. The number of hydrogen-bond donors (Lipinski definition) is 0. The van der Waals surface area contributed by atoms with Crippen LogP contribution >= 0.6 is 0 Å². The molecule has 3 nitrogen and oxygen atoms in total. The number of hydrogen-bond acceptors (Lipinski definition) is 3. The second-order valence-electron chi connectivity index (χ2n) is 11.2. The zero-order valence-corrected chi connectivity index (χ0v) is 25.9. The van der Waals surface area contributed by atoms with Gasteiger partial charge in [0.15, 0.2) is 0 Å². The Bertz CT molecular complexity index is 923. The molecule has 0 aromatic heterocycles. The summed E-state index contributed by atoms with van der Waals surface area (Å²) < 4.78 is 6.05. The van der Waals surface area contributed by atoms with Crippen LogP contribution < -0.4 is 0 Å². The zero-order chi connectivity index (χ0) is 29.3. The Labute approximate surface area is 228 Å². The molecule has 0 aromatic rings. The van der Waals surface area contributed by atoms with Crippen LogP contribution in [0, 0.1) is 17.3 Å². The molecular formula is C34H54O3. The number of carbonyl (C=O) groups excluding carboxylic acids is 2. The van der Waals surface area contributed by atoms with Crippen LogP contribution in [0.5, 0.6) is 0 Å². The third-order valence-electron chi connectivity index (χ3n) is 6.05. The van der Waals surface area contributed by atoms with Crippen molar-refractivity contribution in [2.75, 3.05) is 0 Å². The maximum atomic E-state index is 12.8. The topological polar surface area (TPSA) is 43.4 Å². The Morgan fingerprint density at radius 3 is 1.89 bits per heavy atom. The molecule has 0 spiro atoms. The van der Waals surface area contributed by atoms with Gasteiger partial charge in [-0.05, 0) is 116 Å². The lowest BCUT2D eigenvalue weighted by Gasteiger charge is -2.26. The fraction of sp³-hybridized carbons (Fsp3) is 0.529. The minimum atomic E-state index is -0.593. The zero-order valence-electron chi connectivity index (χ0n) is 25.9. The van der Waals surface area contributed by atoms with Crippen LogP contribution in [0.25, 0.3) is 0 Å². The van der Waals surface area contributed by atoms with Crippen LogP contribution in [-0.2, 0) is 14.3 Å². The number of ether oxygens (including phenoxy) is 1. The maximum absolute atomic E-state index is 12.8. The molecule has 208 valence electrons. The first kappa shape index (κ1) is 36.5. The van der Waals surface area contributed by atoms with Crippen molar-refractivity contribution in [2.24, 2.45) is 17.3 Å². The average Bonchev–Trinajstić information content (AvgIpc) is 2.81. The first-order chi connectivity index (χ1) is 17.0. The molecule has 0 heterocycles. The van der Waals surface area contributed by atoms with Gasteiger partial charge < -0.3 is 9.53 Å². The molecule has 2 unspecified atom stereocenters. The highest BCUT2D eigenvalue weighted by Crippen LogP contribution is 2.32. The molecule has 0 rings (SSSR count).